The highest BCUT2D eigenvalue weighted by atomic mass is 16.6. The molecule has 0 saturated heterocycles. The van der Waals surface area contributed by atoms with E-state index in [1.165, 1.54) is 0 Å². The molecule has 1 unspecified atom stereocenters. The summed E-state index contributed by atoms with van der Waals surface area (Å²) in [6.45, 7) is 13.7. The molecule has 1 atom stereocenters. The number of hydrogen-bond acceptors (Lipinski definition) is 5. The Labute approximate surface area is 215 Å². The maximum atomic E-state index is 13.1. The highest BCUT2D eigenvalue weighted by Crippen LogP contribution is 2.23. The average Bonchev–Trinajstić information content (AvgIpc) is 2.85. The molecule has 1 N–H and O–H groups in total. The van der Waals surface area contributed by atoms with Crippen LogP contribution in [-0.2, 0) is 16.0 Å². The van der Waals surface area contributed by atoms with Crippen LogP contribution in [0.1, 0.15) is 55.9 Å². The summed E-state index contributed by atoms with van der Waals surface area (Å²) in [5.41, 5.74) is 4.03. The number of carbonyl (C=O) groups is 2. The summed E-state index contributed by atoms with van der Waals surface area (Å²) in [5, 5.41) is 9.27. The maximum Gasteiger partial charge on any atom is 0.415 e. The molecule has 198 valence electrons. The molecule has 0 radical (unpaired) electrons. The van der Waals surface area contributed by atoms with Gasteiger partial charge in [0.25, 0.3) is 0 Å². The minimum atomic E-state index is -0.974. The molecule has 0 spiro atoms. The molecule has 0 saturated carbocycles. The van der Waals surface area contributed by atoms with E-state index in [-0.39, 0.29) is 12.5 Å². The maximum absolute atomic E-state index is 13.1. The Balaban J connectivity index is 2.01. The van der Waals surface area contributed by atoms with Crippen LogP contribution in [0.2, 0.25) is 0 Å². The quantitative estimate of drug-likeness (QED) is 0.345. The van der Waals surface area contributed by atoms with Gasteiger partial charge in [0.1, 0.15) is 18.1 Å². The van der Waals surface area contributed by atoms with Gasteiger partial charge in [0.2, 0.25) is 0 Å². The Morgan fingerprint density at radius 2 is 1.58 bits per heavy atom. The molecule has 0 heterocycles. The zero-order valence-corrected chi connectivity index (χ0v) is 22.5. The van der Waals surface area contributed by atoms with Gasteiger partial charge < -0.3 is 24.2 Å². The van der Waals surface area contributed by atoms with Crippen LogP contribution >= 0.6 is 0 Å². The SMILES string of the molecule is CCOC(Cc1ccc(OCCN(CC(CC)CC)C(=O)Oc2cc(C)c(C)cc2C)cc1)C(=O)O. The summed E-state index contributed by atoms with van der Waals surface area (Å²) in [6.07, 6.45) is 1.00. The zero-order chi connectivity index (χ0) is 26.7. The molecule has 0 aliphatic carbocycles. The van der Waals surface area contributed by atoms with Gasteiger partial charge in [-0.15, -0.1) is 0 Å². The van der Waals surface area contributed by atoms with Crippen molar-refractivity contribution in [2.24, 2.45) is 5.92 Å². The van der Waals surface area contributed by atoms with E-state index >= 15 is 0 Å². The second-order valence-electron chi connectivity index (χ2n) is 9.18. The summed E-state index contributed by atoms with van der Waals surface area (Å²) < 4.78 is 17.0. The van der Waals surface area contributed by atoms with E-state index in [0.29, 0.717) is 43.7 Å². The molecule has 0 bridgehead atoms. The van der Waals surface area contributed by atoms with Crippen LogP contribution in [0, 0.1) is 26.7 Å². The lowest BCUT2D eigenvalue weighted by molar-refractivity contribution is -0.149. The summed E-state index contributed by atoms with van der Waals surface area (Å²) in [4.78, 5) is 26.2. The van der Waals surface area contributed by atoms with Crippen LogP contribution in [0.5, 0.6) is 11.5 Å². The topological polar surface area (TPSA) is 85.3 Å². The van der Waals surface area contributed by atoms with Gasteiger partial charge in [0.05, 0.1) is 6.54 Å². The third kappa shape index (κ3) is 8.86. The normalized spacial score (nSPS) is 11.9. The molecule has 0 fully saturated rings. The summed E-state index contributed by atoms with van der Waals surface area (Å²) in [7, 11) is 0. The monoisotopic (exact) mass is 499 g/mol. The van der Waals surface area contributed by atoms with Gasteiger partial charge in [-0.25, -0.2) is 9.59 Å². The molecule has 2 rings (SSSR count). The molecule has 0 aromatic heterocycles. The Kier molecular flexibility index (Phi) is 11.7. The number of rotatable bonds is 14. The van der Waals surface area contributed by atoms with Crippen LogP contribution in [-0.4, -0.2) is 54.5 Å². The number of aliphatic carboxylic acids is 1. The number of benzene rings is 2. The molecule has 2 aromatic rings. The standard InChI is InChI=1S/C29H41NO6/c1-7-23(8-2)19-30(29(33)36-26-17-21(5)20(4)16-22(26)6)14-15-35-25-12-10-24(11-13-25)18-27(28(31)32)34-9-3/h10-13,16-17,23,27H,7-9,14-15,18-19H2,1-6H3,(H,31,32). The van der Waals surface area contributed by atoms with Crippen LogP contribution in [0.4, 0.5) is 4.79 Å². The van der Waals surface area contributed by atoms with Crippen molar-refractivity contribution in [2.45, 2.75) is 66.9 Å². The van der Waals surface area contributed by atoms with E-state index < -0.39 is 12.1 Å². The van der Waals surface area contributed by atoms with Crippen molar-refractivity contribution in [2.75, 3.05) is 26.3 Å². The Morgan fingerprint density at radius 3 is 2.17 bits per heavy atom. The molecule has 0 aliphatic heterocycles. The summed E-state index contributed by atoms with van der Waals surface area (Å²) in [6, 6.07) is 11.2. The fourth-order valence-corrected chi connectivity index (χ4v) is 3.95. The molecule has 36 heavy (non-hydrogen) atoms. The first-order valence-corrected chi connectivity index (χ1v) is 12.8. The highest BCUT2D eigenvalue weighted by molar-refractivity contribution is 5.73. The number of carboxylic acids is 1. The van der Waals surface area contributed by atoms with E-state index in [1.54, 1.807) is 11.8 Å². The largest absolute Gasteiger partial charge is 0.492 e. The number of carbonyl (C=O) groups excluding carboxylic acids is 1. The second kappa shape index (κ2) is 14.5. The van der Waals surface area contributed by atoms with Crippen molar-refractivity contribution in [3.05, 3.63) is 58.7 Å². The van der Waals surface area contributed by atoms with Crippen LogP contribution in [0.15, 0.2) is 36.4 Å². The van der Waals surface area contributed by atoms with Crippen molar-refractivity contribution in [1.29, 1.82) is 0 Å². The highest BCUT2D eigenvalue weighted by Gasteiger charge is 2.21. The third-order valence-corrected chi connectivity index (χ3v) is 6.50. The van der Waals surface area contributed by atoms with Crippen molar-refractivity contribution < 1.29 is 28.9 Å². The number of hydrogen-bond donors (Lipinski definition) is 1. The van der Waals surface area contributed by atoms with E-state index in [1.807, 2.05) is 57.2 Å². The first kappa shape index (κ1) is 29.2. The fourth-order valence-electron chi connectivity index (χ4n) is 3.95. The summed E-state index contributed by atoms with van der Waals surface area (Å²) in [5.74, 6) is 0.645. The minimum absolute atomic E-state index is 0.288. The van der Waals surface area contributed by atoms with Crippen molar-refractivity contribution in [3.63, 3.8) is 0 Å². The predicted molar refractivity (Wildman–Crippen MR) is 141 cm³/mol. The number of carboxylic acid groups (broad SMARTS) is 1. The molecule has 2 aromatic carbocycles. The summed E-state index contributed by atoms with van der Waals surface area (Å²) >= 11 is 0. The van der Waals surface area contributed by atoms with Crippen molar-refractivity contribution in [1.82, 2.24) is 4.90 Å². The van der Waals surface area contributed by atoms with E-state index in [4.69, 9.17) is 14.2 Å². The molecular weight excluding hydrogens is 458 g/mol. The van der Waals surface area contributed by atoms with Crippen molar-refractivity contribution >= 4 is 12.1 Å². The molecule has 7 heteroatoms. The van der Waals surface area contributed by atoms with Crippen LogP contribution < -0.4 is 9.47 Å². The first-order valence-electron chi connectivity index (χ1n) is 12.8. The fraction of sp³-hybridized carbons (Fsp3) is 0.517. The Hall–Kier alpha value is -3.06. The van der Waals surface area contributed by atoms with Gasteiger partial charge in [-0.2, -0.15) is 0 Å². The van der Waals surface area contributed by atoms with Gasteiger partial charge in [-0.05, 0) is 74.1 Å². The third-order valence-electron chi connectivity index (χ3n) is 6.50. The minimum Gasteiger partial charge on any atom is -0.492 e. The lowest BCUT2D eigenvalue weighted by Gasteiger charge is -2.26. The number of amides is 1. The number of ether oxygens (including phenoxy) is 3. The molecule has 7 nitrogen and oxygen atoms in total. The van der Waals surface area contributed by atoms with E-state index in [0.717, 1.165) is 35.1 Å². The molecule has 1 amide bonds. The number of nitrogens with zero attached hydrogens (tertiary/aromatic N) is 1. The van der Waals surface area contributed by atoms with Crippen LogP contribution in [0.3, 0.4) is 0 Å². The number of aryl methyl sites for hydroxylation is 3. The average molecular weight is 500 g/mol. The zero-order valence-electron chi connectivity index (χ0n) is 22.5. The van der Waals surface area contributed by atoms with E-state index in [9.17, 15) is 14.7 Å². The van der Waals surface area contributed by atoms with Gasteiger partial charge in [-0.1, -0.05) is 44.9 Å². The van der Waals surface area contributed by atoms with Gasteiger partial charge in [0, 0.05) is 19.6 Å². The first-order chi connectivity index (χ1) is 17.2. The van der Waals surface area contributed by atoms with E-state index in [2.05, 4.69) is 13.8 Å². The predicted octanol–water partition coefficient (Wildman–Crippen LogP) is 5.96. The smallest absolute Gasteiger partial charge is 0.415 e. The molecule has 0 aliphatic rings. The molecular formula is C29H41NO6. The van der Waals surface area contributed by atoms with Gasteiger partial charge >= 0.3 is 12.1 Å². The lowest BCUT2D eigenvalue weighted by Crippen LogP contribution is -2.40. The Bertz CT molecular complexity index is 984. The lowest BCUT2D eigenvalue weighted by atomic mass is 10.0. The Morgan fingerprint density at radius 1 is 0.944 bits per heavy atom. The van der Waals surface area contributed by atoms with Gasteiger partial charge in [0.15, 0.2) is 6.10 Å². The van der Waals surface area contributed by atoms with Crippen molar-refractivity contribution in [3.8, 4) is 11.5 Å². The van der Waals surface area contributed by atoms with Gasteiger partial charge in [-0.3, -0.25) is 0 Å². The second-order valence-corrected chi connectivity index (χ2v) is 9.18. The van der Waals surface area contributed by atoms with Crippen LogP contribution in [0.25, 0.3) is 0 Å².